The van der Waals surface area contributed by atoms with E-state index in [1.54, 1.807) is 6.07 Å². The standard InChI is InChI=1S/C14H21NO2S/c1-11-3-4-14(12(2)9-11)18(16,17)10-13-5-7-15-8-6-13/h3-4,9,13,15H,5-8,10H2,1-2H3. The van der Waals surface area contributed by atoms with E-state index in [9.17, 15) is 8.42 Å². The summed E-state index contributed by atoms with van der Waals surface area (Å²) in [7, 11) is -3.14. The Morgan fingerprint density at radius 2 is 1.89 bits per heavy atom. The van der Waals surface area contributed by atoms with Gasteiger partial charge < -0.3 is 5.32 Å². The first kappa shape index (κ1) is 13.6. The van der Waals surface area contributed by atoms with E-state index in [1.165, 1.54) is 0 Å². The second-order valence-corrected chi connectivity index (χ2v) is 7.25. The van der Waals surface area contributed by atoms with Crippen LogP contribution >= 0.6 is 0 Å². The minimum absolute atomic E-state index is 0.290. The van der Waals surface area contributed by atoms with Crippen molar-refractivity contribution in [1.82, 2.24) is 5.32 Å². The van der Waals surface area contributed by atoms with E-state index >= 15 is 0 Å². The molecule has 1 fully saturated rings. The highest BCUT2D eigenvalue weighted by Crippen LogP contribution is 2.23. The molecule has 0 saturated carbocycles. The van der Waals surface area contributed by atoms with Crippen molar-refractivity contribution in [3.05, 3.63) is 29.3 Å². The Morgan fingerprint density at radius 1 is 1.22 bits per heavy atom. The molecule has 0 amide bonds. The third kappa shape index (κ3) is 3.12. The first-order valence-electron chi connectivity index (χ1n) is 6.50. The fourth-order valence-electron chi connectivity index (χ4n) is 2.60. The van der Waals surface area contributed by atoms with Gasteiger partial charge >= 0.3 is 0 Å². The highest BCUT2D eigenvalue weighted by atomic mass is 32.2. The van der Waals surface area contributed by atoms with Gasteiger partial charge in [0.1, 0.15) is 0 Å². The smallest absolute Gasteiger partial charge is 0.178 e. The number of hydrogen-bond acceptors (Lipinski definition) is 3. The average Bonchev–Trinajstić information content (AvgIpc) is 2.29. The van der Waals surface area contributed by atoms with Crippen LogP contribution in [0.3, 0.4) is 0 Å². The highest BCUT2D eigenvalue weighted by Gasteiger charge is 2.23. The number of aryl methyl sites for hydroxylation is 2. The van der Waals surface area contributed by atoms with Gasteiger partial charge in [0.15, 0.2) is 9.84 Å². The Morgan fingerprint density at radius 3 is 2.50 bits per heavy atom. The molecule has 1 aliphatic heterocycles. The Balaban J connectivity index is 2.19. The lowest BCUT2D eigenvalue weighted by atomic mass is 10.0. The number of benzene rings is 1. The molecule has 0 aromatic heterocycles. The van der Waals surface area contributed by atoms with Crippen molar-refractivity contribution >= 4 is 9.84 Å². The van der Waals surface area contributed by atoms with Gasteiger partial charge in [0.2, 0.25) is 0 Å². The van der Waals surface area contributed by atoms with E-state index in [1.807, 2.05) is 26.0 Å². The van der Waals surface area contributed by atoms with Crippen LogP contribution in [0.5, 0.6) is 0 Å². The largest absolute Gasteiger partial charge is 0.317 e. The van der Waals surface area contributed by atoms with Crippen LogP contribution in [0.4, 0.5) is 0 Å². The predicted octanol–water partition coefficient (Wildman–Crippen LogP) is 2.08. The molecular formula is C14H21NO2S. The number of hydrogen-bond donors (Lipinski definition) is 1. The van der Waals surface area contributed by atoms with Crippen LogP contribution in [0, 0.1) is 19.8 Å². The van der Waals surface area contributed by atoms with E-state index < -0.39 is 9.84 Å². The van der Waals surface area contributed by atoms with Gasteiger partial charge in [-0.2, -0.15) is 0 Å². The van der Waals surface area contributed by atoms with Crippen LogP contribution in [0.1, 0.15) is 24.0 Å². The second kappa shape index (κ2) is 5.41. The summed E-state index contributed by atoms with van der Waals surface area (Å²) in [5, 5.41) is 3.26. The summed E-state index contributed by atoms with van der Waals surface area (Å²) in [5.74, 6) is 0.593. The maximum absolute atomic E-state index is 12.4. The zero-order valence-electron chi connectivity index (χ0n) is 11.1. The predicted molar refractivity (Wildman–Crippen MR) is 73.6 cm³/mol. The molecular weight excluding hydrogens is 246 g/mol. The quantitative estimate of drug-likeness (QED) is 0.912. The minimum atomic E-state index is -3.14. The molecule has 1 aromatic rings. The maximum Gasteiger partial charge on any atom is 0.178 e. The van der Waals surface area contributed by atoms with Gasteiger partial charge in [0.25, 0.3) is 0 Å². The molecule has 0 unspecified atom stereocenters. The molecule has 0 atom stereocenters. The Hall–Kier alpha value is -0.870. The van der Waals surface area contributed by atoms with Gasteiger partial charge in [-0.15, -0.1) is 0 Å². The molecule has 18 heavy (non-hydrogen) atoms. The molecule has 0 bridgehead atoms. The SMILES string of the molecule is Cc1ccc(S(=O)(=O)CC2CCNCC2)c(C)c1. The Labute approximate surface area is 110 Å². The summed E-state index contributed by atoms with van der Waals surface area (Å²) in [5.41, 5.74) is 1.97. The van der Waals surface area contributed by atoms with Crippen molar-refractivity contribution in [2.75, 3.05) is 18.8 Å². The lowest BCUT2D eigenvalue weighted by Gasteiger charge is -2.22. The van der Waals surface area contributed by atoms with Crippen molar-refractivity contribution in [3.63, 3.8) is 0 Å². The molecule has 2 rings (SSSR count). The first-order chi connectivity index (χ1) is 8.49. The Kier molecular flexibility index (Phi) is 4.07. The molecule has 1 aliphatic rings. The van der Waals surface area contributed by atoms with Crippen LogP contribution < -0.4 is 5.32 Å². The summed E-state index contributed by atoms with van der Waals surface area (Å²) in [6.45, 7) is 5.73. The molecule has 0 radical (unpaired) electrons. The molecule has 1 N–H and O–H groups in total. The van der Waals surface area contributed by atoms with Crippen molar-refractivity contribution in [2.24, 2.45) is 5.92 Å². The molecule has 3 nitrogen and oxygen atoms in total. The van der Waals surface area contributed by atoms with Crippen LogP contribution in [-0.4, -0.2) is 27.3 Å². The van der Waals surface area contributed by atoms with Crippen molar-refractivity contribution in [2.45, 2.75) is 31.6 Å². The first-order valence-corrected chi connectivity index (χ1v) is 8.15. The molecule has 1 aromatic carbocycles. The van der Waals surface area contributed by atoms with E-state index in [4.69, 9.17) is 0 Å². The normalized spacial score (nSPS) is 17.9. The number of rotatable bonds is 3. The third-order valence-corrected chi connectivity index (χ3v) is 5.62. The van der Waals surface area contributed by atoms with Crippen LogP contribution in [0.2, 0.25) is 0 Å². The lowest BCUT2D eigenvalue weighted by Crippen LogP contribution is -2.31. The maximum atomic E-state index is 12.4. The topological polar surface area (TPSA) is 46.2 Å². The van der Waals surface area contributed by atoms with Crippen molar-refractivity contribution < 1.29 is 8.42 Å². The van der Waals surface area contributed by atoms with Gasteiger partial charge in [-0.05, 0) is 57.3 Å². The van der Waals surface area contributed by atoms with E-state index in [0.717, 1.165) is 37.1 Å². The molecule has 100 valence electrons. The van der Waals surface area contributed by atoms with Crippen LogP contribution in [0.15, 0.2) is 23.1 Å². The fraction of sp³-hybridized carbons (Fsp3) is 0.571. The van der Waals surface area contributed by atoms with Crippen LogP contribution in [0.25, 0.3) is 0 Å². The van der Waals surface area contributed by atoms with Gasteiger partial charge in [-0.3, -0.25) is 0 Å². The van der Waals surface area contributed by atoms with E-state index in [-0.39, 0.29) is 0 Å². The number of nitrogens with one attached hydrogen (secondary N) is 1. The summed E-state index contributed by atoms with van der Waals surface area (Å²) >= 11 is 0. The second-order valence-electron chi connectivity index (χ2n) is 5.24. The monoisotopic (exact) mass is 267 g/mol. The number of piperidine rings is 1. The zero-order valence-corrected chi connectivity index (χ0v) is 11.9. The van der Waals surface area contributed by atoms with Gasteiger partial charge in [-0.25, -0.2) is 8.42 Å². The summed E-state index contributed by atoms with van der Waals surface area (Å²) in [6, 6.07) is 5.57. The van der Waals surface area contributed by atoms with E-state index in [2.05, 4.69) is 5.32 Å². The minimum Gasteiger partial charge on any atom is -0.317 e. The molecule has 1 heterocycles. The molecule has 0 aliphatic carbocycles. The van der Waals surface area contributed by atoms with Gasteiger partial charge in [0.05, 0.1) is 10.6 Å². The average molecular weight is 267 g/mol. The van der Waals surface area contributed by atoms with Crippen LogP contribution in [-0.2, 0) is 9.84 Å². The van der Waals surface area contributed by atoms with Gasteiger partial charge in [0, 0.05) is 0 Å². The summed E-state index contributed by atoms with van der Waals surface area (Å²) in [6.07, 6.45) is 1.92. The fourth-order valence-corrected chi connectivity index (χ4v) is 4.56. The summed E-state index contributed by atoms with van der Waals surface area (Å²) < 4.78 is 24.8. The summed E-state index contributed by atoms with van der Waals surface area (Å²) in [4.78, 5) is 0.506. The molecule has 1 saturated heterocycles. The Bertz CT molecular complexity index is 517. The third-order valence-electron chi connectivity index (χ3n) is 3.58. The molecule has 4 heteroatoms. The van der Waals surface area contributed by atoms with E-state index in [0.29, 0.717) is 16.6 Å². The zero-order chi connectivity index (χ0) is 13.2. The number of sulfone groups is 1. The lowest BCUT2D eigenvalue weighted by molar-refractivity contribution is 0.401. The molecule has 0 spiro atoms. The van der Waals surface area contributed by atoms with Gasteiger partial charge in [-0.1, -0.05) is 17.7 Å². The van der Waals surface area contributed by atoms with Crippen molar-refractivity contribution in [1.29, 1.82) is 0 Å². The highest BCUT2D eigenvalue weighted by molar-refractivity contribution is 7.91. The van der Waals surface area contributed by atoms with Crippen molar-refractivity contribution in [3.8, 4) is 0 Å².